The predicted molar refractivity (Wildman–Crippen MR) is 127 cm³/mol. The van der Waals surface area contributed by atoms with Gasteiger partial charge in [-0.2, -0.15) is 4.39 Å². The van der Waals surface area contributed by atoms with Gasteiger partial charge in [0.05, 0.1) is 21.8 Å². The Labute approximate surface area is 190 Å². The third kappa shape index (κ3) is 10.5. The highest BCUT2D eigenvalue weighted by atomic mass is 35.5. The van der Waals surface area contributed by atoms with Gasteiger partial charge in [0, 0.05) is 19.6 Å². The molecule has 0 atom stereocenters. The second kappa shape index (κ2) is 16.2. The summed E-state index contributed by atoms with van der Waals surface area (Å²) < 4.78 is 30.0. The van der Waals surface area contributed by atoms with Crippen molar-refractivity contribution in [1.29, 1.82) is 0 Å². The van der Waals surface area contributed by atoms with E-state index in [0.29, 0.717) is 20.7 Å². The average molecular weight is 476 g/mol. The van der Waals surface area contributed by atoms with E-state index >= 15 is 0 Å². The van der Waals surface area contributed by atoms with Crippen molar-refractivity contribution in [2.45, 2.75) is 31.1 Å². The number of halogens is 3. The maximum Gasteiger partial charge on any atom is 0.198 e. The highest BCUT2D eigenvalue weighted by Crippen LogP contribution is 2.32. The molecule has 0 aliphatic heterocycles. The Morgan fingerprint density at radius 3 is 2.43 bits per heavy atom. The highest BCUT2D eigenvalue weighted by Gasteiger charge is 2.10. The van der Waals surface area contributed by atoms with Crippen LogP contribution in [0.3, 0.4) is 0 Å². The van der Waals surface area contributed by atoms with Crippen molar-refractivity contribution in [3.8, 4) is 12.8 Å². The molecule has 0 spiro atoms. The van der Waals surface area contributed by atoms with Crippen LogP contribution in [0.4, 0.5) is 19.6 Å². The molecule has 0 saturated heterocycles. The molecule has 2 rings (SSSR count). The number of hydrogen-bond acceptors (Lipinski definition) is 7. The van der Waals surface area contributed by atoms with Gasteiger partial charge in [0.2, 0.25) is 0 Å². The van der Waals surface area contributed by atoms with Crippen molar-refractivity contribution >= 4 is 45.7 Å². The van der Waals surface area contributed by atoms with Gasteiger partial charge in [-0.25, -0.2) is 9.37 Å². The molecule has 4 N–H and O–H groups in total. The molecule has 0 bridgehead atoms. The molecule has 1 aromatic heterocycles. The Kier molecular flexibility index (Phi) is 14.3. The van der Waals surface area contributed by atoms with Gasteiger partial charge in [-0.1, -0.05) is 29.9 Å². The second-order valence-electron chi connectivity index (χ2n) is 6.07. The fourth-order valence-corrected chi connectivity index (χ4v) is 3.91. The van der Waals surface area contributed by atoms with Gasteiger partial charge in [0.25, 0.3) is 0 Å². The zero-order chi connectivity index (χ0) is 22.2. The first-order chi connectivity index (χ1) is 14.6. The molecule has 0 amide bonds. The summed E-state index contributed by atoms with van der Waals surface area (Å²) >= 11 is 8.12. The summed E-state index contributed by atoms with van der Waals surface area (Å²) in [5.41, 5.74) is 0.570. The molecule has 30 heavy (non-hydrogen) atoms. The van der Waals surface area contributed by atoms with Crippen LogP contribution in [0.15, 0.2) is 23.2 Å². The number of thiazole rings is 1. The summed E-state index contributed by atoms with van der Waals surface area (Å²) in [5, 5.41) is 10.3. The maximum atomic E-state index is 14.3. The van der Waals surface area contributed by atoms with E-state index < -0.39 is 10.9 Å². The molecular formula is C20H28ClF2N5S2. The van der Waals surface area contributed by atoms with Gasteiger partial charge in [-0.15, -0.1) is 12.8 Å². The van der Waals surface area contributed by atoms with Crippen molar-refractivity contribution in [2.24, 2.45) is 0 Å². The predicted octanol–water partition coefficient (Wildman–Crippen LogP) is 5.22. The van der Waals surface area contributed by atoms with Crippen LogP contribution in [0.2, 0.25) is 5.02 Å². The Morgan fingerprint density at radius 1 is 1.07 bits per heavy atom. The smallest absolute Gasteiger partial charge is 0.198 e. The molecule has 2 aromatic rings. The minimum Gasteiger partial charge on any atom is -0.384 e. The molecule has 10 heteroatoms. The molecule has 1 aromatic carbocycles. The Bertz CT molecular complexity index is 758. The van der Waals surface area contributed by atoms with Gasteiger partial charge in [0.1, 0.15) is 5.82 Å². The van der Waals surface area contributed by atoms with E-state index in [1.165, 1.54) is 6.07 Å². The maximum absolute atomic E-state index is 14.3. The highest BCUT2D eigenvalue weighted by molar-refractivity contribution is 8.00. The molecule has 0 saturated carbocycles. The number of rotatable bonds is 14. The van der Waals surface area contributed by atoms with Crippen LogP contribution in [-0.2, 0) is 0 Å². The SMILES string of the molecule is C#C.CCCNCCNCCCCNc1cc(F)c(SNc2ncc(F)s2)cc1Cl. The molecule has 1 heterocycles. The number of hydrogen-bond donors (Lipinski definition) is 4. The Balaban J connectivity index is 0.00000218. The first-order valence-corrected chi connectivity index (χ1v) is 11.6. The summed E-state index contributed by atoms with van der Waals surface area (Å²) in [4.78, 5) is 4.15. The lowest BCUT2D eigenvalue weighted by Crippen LogP contribution is -2.28. The molecule has 0 unspecified atom stereocenters. The number of anilines is 2. The number of benzene rings is 1. The standard InChI is InChI=1S/C18H26ClF2N5S2.C2H2/c1-2-5-22-8-9-23-6-3-4-7-24-15-11-14(20)16(10-13(15)19)28-26-18-25-12-17(21)27-18;1-2/h10-12,22-24H,2-9H2,1H3,(H,25,26);1-2H. The third-order valence-electron chi connectivity index (χ3n) is 3.75. The van der Waals surface area contributed by atoms with Crippen molar-refractivity contribution in [1.82, 2.24) is 15.6 Å². The number of terminal acetylenes is 1. The van der Waals surface area contributed by atoms with Gasteiger partial charge in [-0.3, -0.25) is 0 Å². The van der Waals surface area contributed by atoms with E-state index in [9.17, 15) is 8.78 Å². The monoisotopic (exact) mass is 475 g/mol. The zero-order valence-electron chi connectivity index (χ0n) is 16.9. The van der Waals surface area contributed by atoms with Gasteiger partial charge in [-0.05, 0) is 56.4 Å². The van der Waals surface area contributed by atoms with Crippen molar-refractivity contribution in [3.63, 3.8) is 0 Å². The van der Waals surface area contributed by atoms with Crippen LogP contribution in [-0.4, -0.2) is 37.7 Å². The van der Waals surface area contributed by atoms with Crippen LogP contribution in [0, 0.1) is 23.8 Å². The lowest BCUT2D eigenvalue weighted by molar-refractivity contribution is 0.586. The molecule has 0 fully saturated rings. The van der Waals surface area contributed by atoms with Crippen molar-refractivity contribution in [3.05, 3.63) is 34.3 Å². The number of unbranched alkanes of at least 4 members (excludes halogenated alkanes) is 1. The molecule has 5 nitrogen and oxygen atoms in total. The lowest BCUT2D eigenvalue weighted by Gasteiger charge is -2.11. The van der Waals surface area contributed by atoms with Gasteiger partial charge < -0.3 is 20.7 Å². The Morgan fingerprint density at radius 2 is 1.77 bits per heavy atom. The van der Waals surface area contributed by atoms with E-state index in [0.717, 1.165) is 81.5 Å². The molecule has 0 radical (unpaired) electrons. The van der Waals surface area contributed by atoms with E-state index in [1.807, 2.05) is 0 Å². The van der Waals surface area contributed by atoms with E-state index in [4.69, 9.17) is 11.6 Å². The minimum absolute atomic E-state index is 0.326. The first kappa shape index (κ1) is 26.5. The average Bonchev–Trinajstić information content (AvgIpc) is 3.17. The van der Waals surface area contributed by atoms with Crippen LogP contribution in [0.1, 0.15) is 26.2 Å². The normalized spacial score (nSPS) is 10.3. The summed E-state index contributed by atoms with van der Waals surface area (Å²) in [7, 11) is 0. The van der Waals surface area contributed by atoms with Crippen LogP contribution in [0.5, 0.6) is 0 Å². The molecule has 0 aliphatic carbocycles. The van der Waals surface area contributed by atoms with E-state index in [2.05, 4.69) is 45.4 Å². The Hall–Kier alpha value is -1.57. The summed E-state index contributed by atoms with van der Waals surface area (Å²) in [6.45, 7) is 6.83. The fraction of sp³-hybridized carbons (Fsp3) is 0.450. The second-order valence-corrected chi connectivity index (χ2v) is 8.31. The summed E-state index contributed by atoms with van der Waals surface area (Å²) in [6, 6.07) is 2.93. The largest absolute Gasteiger partial charge is 0.384 e. The minimum atomic E-state index is -0.400. The van der Waals surface area contributed by atoms with E-state index in [-0.39, 0.29) is 0 Å². The van der Waals surface area contributed by atoms with E-state index in [1.54, 1.807) is 6.07 Å². The van der Waals surface area contributed by atoms with Gasteiger partial charge >= 0.3 is 0 Å². The summed E-state index contributed by atoms with van der Waals surface area (Å²) in [5.74, 6) is -0.400. The fourth-order valence-electron chi connectivity index (χ4n) is 2.34. The third-order valence-corrected chi connectivity index (χ3v) is 5.72. The molecule has 166 valence electrons. The molecule has 0 aliphatic rings. The zero-order valence-corrected chi connectivity index (χ0v) is 19.3. The first-order valence-electron chi connectivity index (χ1n) is 9.62. The number of nitrogens with one attached hydrogen (secondary N) is 4. The number of aromatic nitrogens is 1. The summed E-state index contributed by atoms with van der Waals surface area (Å²) in [6.07, 6.45) is 12.3. The van der Waals surface area contributed by atoms with Crippen LogP contribution in [0.25, 0.3) is 0 Å². The van der Waals surface area contributed by atoms with Crippen molar-refractivity contribution < 1.29 is 8.78 Å². The van der Waals surface area contributed by atoms with Gasteiger partial charge in [0.15, 0.2) is 10.3 Å². The van der Waals surface area contributed by atoms with Crippen molar-refractivity contribution in [2.75, 3.05) is 42.8 Å². The van der Waals surface area contributed by atoms with Crippen LogP contribution >= 0.6 is 34.9 Å². The lowest BCUT2D eigenvalue weighted by atomic mass is 10.2. The topological polar surface area (TPSA) is 61.0 Å². The quantitative estimate of drug-likeness (QED) is 0.171. The molecular weight excluding hydrogens is 448 g/mol. The number of nitrogens with zero attached hydrogens (tertiary/aromatic N) is 1. The van der Waals surface area contributed by atoms with Crippen LogP contribution < -0.4 is 20.7 Å².